The molecule has 0 aromatic carbocycles. The number of halogens is 1. The summed E-state index contributed by atoms with van der Waals surface area (Å²) in [6, 6.07) is 0. The summed E-state index contributed by atoms with van der Waals surface area (Å²) in [6.07, 6.45) is -2.10. The van der Waals surface area contributed by atoms with E-state index in [0.29, 0.717) is 10.2 Å². The molecule has 0 aliphatic carbocycles. The lowest BCUT2D eigenvalue weighted by atomic mass is 10.2. The van der Waals surface area contributed by atoms with Crippen LogP contribution in [0.2, 0.25) is 0 Å². The van der Waals surface area contributed by atoms with Gasteiger partial charge in [-0.25, -0.2) is 4.79 Å². The smallest absolute Gasteiger partial charge is 0.331 e. The molecule has 0 spiro atoms. The molecule has 0 radical (unpaired) electrons. The van der Waals surface area contributed by atoms with Gasteiger partial charge in [-0.1, -0.05) is 0 Å². The van der Waals surface area contributed by atoms with Gasteiger partial charge in [-0.2, -0.15) is 0 Å². The third kappa shape index (κ3) is 2.16. The van der Waals surface area contributed by atoms with E-state index in [9.17, 15) is 14.7 Å². The zero-order valence-corrected chi connectivity index (χ0v) is 11.2. The fourth-order valence-electron chi connectivity index (χ4n) is 1.91. The molecule has 1 aliphatic heterocycles. The topological polar surface area (TPSA) is 105 Å². The minimum Gasteiger partial charge on any atom is -0.394 e. The summed E-state index contributed by atoms with van der Waals surface area (Å²) in [5.41, 5.74) is -0.742. The first-order valence-electron chi connectivity index (χ1n) is 5.41. The fraction of sp³-hybridized carbons (Fsp3) is 0.600. The van der Waals surface area contributed by atoms with Crippen molar-refractivity contribution in [3.05, 3.63) is 31.0 Å². The number of nitrogens with one attached hydrogen (secondary N) is 1. The molecule has 1 aromatic heterocycles. The van der Waals surface area contributed by atoms with Gasteiger partial charge >= 0.3 is 5.69 Å². The standard InChI is InChI=1S/C10H13BrN2O5/c1-4-8(11)13(10(17)12-9(4)16)7-2-5(15)6(3-14)18-7/h5-7,14-15H,2-3H2,1H3,(H,12,16,17)/t5-,6+,7+/m0/s1. The molecule has 100 valence electrons. The van der Waals surface area contributed by atoms with Crippen LogP contribution in [-0.2, 0) is 4.74 Å². The molecular weight excluding hydrogens is 308 g/mol. The molecule has 18 heavy (non-hydrogen) atoms. The predicted molar refractivity (Wildman–Crippen MR) is 65.4 cm³/mol. The maximum absolute atomic E-state index is 11.8. The third-order valence-corrected chi connectivity index (χ3v) is 3.95. The molecule has 3 N–H and O–H groups in total. The largest absolute Gasteiger partial charge is 0.394 e. The molecule has 3 atom stereocenters. The normalized spacial score (nSPS) is 27.7. The predicted octanol–water partition coefficient (Wildman–Crippen LogP) is -0.752. The number of aromatic nitrogens is 2. The average molecular weight is 321 g/mol. The van der Waals surface area contributed by atoms with Gasteiger partial charge in [-0.05, 0) is 22.9 Å². The van der Waals surface area contributed by atoms with E-state index in [-0.39, 0.29) is 13.0 Å². The Hall–Kier alpha value is -0.960. The average Bonchev–Trinajstić information content (AvgIpc) is 2.67. The lowest BCUT2D eigenvalue weighted by Crippen LogP contribution is -2.35. The minimum atomic E-state index is -0.842. The van der Waals surface area contributed by atoms with Gasteiger partial charge in [0.1, 0.15) is 12.3 Å². The summed E-state index contributed by atoms with van der Waals surface area (Å²) in [5, 5.41) is 18.6. The van der Waals surface area contributed by atoms with Crippen molar-refractivity contribution in [1.82, 2.24) is 9.55 Å². The number of hydrogen-bond donors (Lipinski definition) is 3. The third-order valence-electron chi connectivity index (χ3n) is 2.97. The maximum Gasteiger partial charge on any atom is 0.331 e. The van der Waals surface area contributed by atoms with E-state index >= 15 is 0 Å². The van der Waals surface area contributed by atoms with Crippen LogP contribution < -0.4 is 11.2 Å². The zero-order chi connectivity index (χ0) is 13.4. The van der Waals surface area contributed by atoms with E-state index in [1.807, 2.05) is 0 Å². The molecule has 0 unspecified atom stereocenters. The molecule has 1 fully saturated rings. The number of hydrogen-bond acceptors (Lipinski definition) is 5. The van der Waals surface area contributed by atoms with Gasteiger partial charge in [0.25, 0.3) is 5.56 Å². The van der Waals surface area contributed by atoms with E-state index < -0.39 is 29.7 Å². The SMILES string of the molecule is Cc1c(Br)n([C@H]2C[C@H](O)[C@@H](CO)O2)c(=O)[nH]c1=O. The second-order valence-corrected chi connectivity index (χ2v) is 4.91. The first-order valence-corrected chi connectivity index (χ1v) is 6.20. The Morgan fingerprint density at radius 2 is 2.22 bits per heavy atom. The summed E-state index contributed by atoms with van der Waals surface area (Å²) in [4.78, 5) is 25.3. The van der Waals surface area contributed by atoms with Crippen molar-refractivity contribution >= 4 is 15.9 Å². The van der Waals surface area contributed by atoms with Gasteiger partial charge in [0, 0.05) is 12.0 Å². The highest BCUT2D eigenvalue weighted by Gasteiger charge is 2.36. The summed E-state index contributed by atoms with van der Waals surface area (Å²) < 4.78 is 6.91. The minimum absolute atomic E-state index is 0.176. The molecule has 2 rings (SSSR count). The van der Waals surface area contributed by atoms with Crippen molar-refractivity contribution in [2.24, 2.45) is 0 Å². The van der Waals surface area contributed by atoms with Gasteiger partial charge < -0.3 is 14.9 Å². The highest BCUT2D eigenvalue weighted by Crippen LogP contribution is 2.29. The van der Waals surface area contributed by atoms with Gasteiger partial charge in [0.2, 0.25) is 0 Å². The van der Waals surface area contributed by atoms with Gasteiger partial charge in [0.05, 0.1) is 17.3 Å². The lowest BCUT2D eigenvalue weighted by molar-refractivity contribution is -0.0467. The molecule has 1 saturated heterocycles. The van der Waals surface area contributed by atoms with Crippen LogP contribution in [0.5, 0.6) is 0 Å². The number of aromatic amines is 1. The number of aliphatic hydroxyl groups is 2. The van der Waals surface area contributed by atoms with Crippen LogP contribution in [0.1, 0.15) is 18.2 Å². The van der Waals surface area contributed by atoms with Crippen LogP contribution in [0.4, 0.5) is 0 Å². The Balaban J connectivity index is 2.45. The summed E-state index contributed by atoms with van der Waals surface area (Å²) >= 11 is 3.17. The Labute approximate surface area is 110 Å². The molecule has 1 aliphatic rings. The van der Waals surface area contributed by atoms with Crippen LogP contribution in [0.25, 0.3) is 0 Å². The van der Waals surface area contributed by atoms with Crippen molar-refractivity contribution < 1.29 is 14.9 Å². The molecule has 0 saturated carbocycles. The number of H-pyrrole nitrogens is 1. The van der Waals surface area contributed by atoms with E-state index in [2.05, 4.69) is 20.9 Å². The van der Waals surface area contributed by atoms with Crippen molar-refractivity contribution in [2.45, 2.75) is 31.8 Å². The van der Waals surface area contributed by atoms with Crippen LogP contribution in [0, 0.1) is 6.92 Å². The Morgan fingerprint density at radius 1 is 1.56 bits per heavy atom. The first kappa shape index (κ1) is 13.5. The Morgan fingerprint density at radius 3 is 2.78 bits per heavy atom. The number of rotatable bonds is 2. The highest BCUT2D eigenvalue weighted by atomic mass is 79.9. The maximum atomic E-state index is 11.8. The van der Waals surface area contributed by atoms with E-state index in [1.54, 1.807) is 6.92 Å². The lowest BCUT2D eigenvalue weighted by Gasteiger charge is -2.17. The van der Waals surface area contributed by atoms with Crippen LogP contribution in [0.3, 0.4) is 0 Å². The summed E-state index contributed by atoms with van der Waals surface area (Å²) in [6.45, 7) is 1.24. The van der Waals surface area contributed by atoms with Crippen LogP contribution in [-0.4, -0.2) is 38.6 Å². The molecule has 2 heterocycles. The molecule has 7 nitrogen and oxygen atoms in total. The Bertz CT molecular complexity index is 566. The second kappa shape index (κ2) is 4.96. The molecular formula is C10H13BrN2O5. The Kier molecular flexibility index (Phi) is 3.71. The number of aliphatic hydroxyl groups excluding tert-OH is 2. The van der Waals surface area contributed by atoms with Crippen molar-refractivity contribution in [3.8, 4) is 0 Å². The first-order chi connectivity index (χ1) is 8.45. The van der Waals surface area contributed by atoms with Gasteiger partial charge in [-0.15, -0.1) is 0 Å². The number of nitrogens with zero attached hydrogens (tertiary/aromatic N) is 1. The van der Waals surface area contributed by atoms with Crippen LogP contribution in [0.15, 0.2) is 14.2 Å². The monoisotopic (exact) mass is 320 g/mol. The van der Waals surface area contributed by atoms with Crippen molar-refractivity contribution in [3.63, 3.8) is 0 Å². The van der Waals surface area contributed by atoms with Gasteiger partial charge in [0.15, 0.2) is 0 Å². The molecule has 1 aromatic rings. The van der Waals surface area contributed by atoms with Gasteiger partial charge in [-0.3, -0.25) is 14.3 Å². The second-order valence-electron chi connectivity index (χ2n) is 4.16. The van der Waals surface area contributed by atoms with Crippen molar-refractivity contribution in [2.75, 3.05) is 6.61 Å². The van der Waals surface area contributed by atoms with Crippen LogP contribution >= 0.6 is 15.9 Å². The summed E-state index contributed by atoms with van der Waals surface area (Å²) in [7, 11) is 0. The highest BCUT2D eigenvalue weighted by molar-refractivity contribution is 9.10. The van der Waals surface area contributed by atoms with E-state index in [1.165, 1.54) is 4.57 Å². The zero-order valence-electron chi connectivity index (χ0n) is 9.59. The van der Waals surface area contributed by atoms with E-state index in [0.717, 1.165) is 0 Å². The fourth-order valence-corrected chi connectivity index (χ4v) is 2.48. The quantitative estimate of drug-likeness (QED) is 0.622. The van der Waals surface area contributed by atoms with E-state index in [4.69, 9.17) is 9.84 Å². The molecule has 0 amide bonds. The molecule has 0 bridgehead atoms. The molecule has 8 heteroatoms. The summed E-state index contributed by atoms with van der Waals surface area (Å²) in [5.74, 6) is 0. The number of ether oxygens (including phenoxy) is 1. The van der Waals surface area contributed by atoms with Crippen molar-refractivity contribution in [1.29, 1.82) is 0 Å².